The summed E-state index contributed by atoms with van der Waals surface area (Å²) >= 11 is -0.826. The van der Waals surface area contributed by atoms with Crippen molar-refractivity contribution in [3.05, 3.63) is 58.7 Å². The molecule has 0 saturated heterocycles. The van der Waals surface area contributed by atoms with E-state index in [2.05, 4.69) is 4.99 Å². The van der Waals surface area contributed by atoms with Crippen molar-refractivity contribution in [2.24, 2.45) is 4.99 Å². The average molecular weight is 551 g/mol. The van der Waals surface area contributed by atoms with Crippen molar-refractivity contribution in [2.75, 3.05) is 0 Å². The molecule has 2 nitrogen and oxygen atoms in total. The van der Waals surface area contributed by atoms with Gasteiger partial charge in [-0.1, -0.05) is 32.9 Å². The number of benzene rings is 2. The van der Waals surface area contributed by atoms with Gasteiger partial charge in [-0.25, -0.2) is 0 Å². The summed E-state index contributed by atoms with van der Waals surface area (Å²) < 4.78 is 77.3. The molecular formula is C19H17Cl2F6NOZr. The number of nitrogens with zero attached hydrogens (tertiary/aromatic N) is 1. The van der Waals surface area contributed by atoms with E-state index in [4.69, 9.17) is 17.0 Å². The second-order valence-electron chi connectivity index (χ2n) is 7.09. The molecule has 2 rings (SSSR count). The van der Waals surface area contributed by atoms with Crippen molar-refractivity contribution < 1.29 is 52.3 Å². The van der Waals surface area contributed by atoms with Crippen LogP contribution >= 0.6 is 17.0 Å². The molecule has 2 aromatic carbocycles. The number of hydrogen-bond donors (Lipinski definition) is 1. The Morgan fingerprint density at radius 3 is 1.77 bits per heavy atom. The molecular weight excluding hydrogens is 534 g/mol. The maximum absolute atomic E-state index is 12.9. The minimum atomic E-state index is -4.94. The summed E-state index contributed by atoms with van der Waals surface area (Å²) in [5, 5.41) is 10.3. The molecule has 30 heavy (non-hydrogen) atoms. The third-order valence-electron chi connectivity index (χ3n) is 3.80. The van der Waals surface area contributed by atoms with Gasteiger partial charge in [0, 0.05) is 11.8 Å². The van der Waals surface area contributed by atoms with E-state index in [9.17, 15) is 31.4 Å². The Bertz CT molecular complexity index is 860. The molecule has 2 aromatic rings. The molecule has 0 atom stereocenters. The number of phenols is 1. The molecule has 1 N–H and O–H groups in total. The van der Waals surface area contributed by atoms with Gasteiger partial charge in [0.2, 0.25) is 0 Å². The summed E-state index contributed by atoms with van der Waals surface area (Å²) in [6, 6.07) is 5.85. The third-order valence-corrected chi connectivity index (χ3v) is 3.80. The van der Waals surface area contributed by atoms with Crippen LogP contribution in [0.3, 0.4) is 0 Å². The van der Waals surface area contributed by atoms with Crippen LogP contribution in [0.4, 0.5) is 32.0 Å². The molecule has 0 radical (unpaired) electrons. The van der Waals surface area contributed by atoms with E-state index in [-0.39, 0.29) is 17.4 Å². The molecule has 0 bridgehead atoms. The molecule has 0 amide bonds. The number of aliphatic imine (C=N–C) groups is 1. The second kappa shape index (κ2) is 10.5. The van der Waals surface area contributed by atoms with E-state index >= 15 is 0 Å². The molecule has 0 aliphatic rings. The zero-order valence-corrected chi connectivity index (χ0v) is 19.9. The average Bonchev–Trinajstić information content (AvgIpc) is 2.59. The van der Waals surface area contributed by atoms with Crippen molar-refractivity contribution in [1.29, 1.82) is 0 Å². The Hall–Kier alpha value is -1.05. The van der Waals surface area contributed by atoms with Gasteiger partial charge < -0.3 is 5.11 Å². The van der Waals surface area contributed by atoms with E-state index in [1.807, 2.05) is 20.8 Å². The quantitative estimate of drug-likeness (QED) is 0.299. The third kappa shape index (κ3) is 7.90. The number of halogens is 8. The van der Waals surface area contributed by atoms with Crippen LogP contribution in [0.1, 0.15) is 43.0 Å². The molecule has 0 aromatic heterocycles. The Balaban J connectivity index is 0.00000141. The van der Waals surface area contributed by atoms with Crippen LogP contribution in [0.25, 0.3) is 0 Å². The van der Waals surface area contributed by atoms with Crippen LogP contribution in [0.2, 0.25) is 0 Å². The Morgan fingerprint density at radius 1 is 0.900 bits per heavy atom. The van der Waals surface area contributed by atoms with Gasteiger partial charge in [0.05, 0.1) is 16.8 Å². The van der Waals surface area contributed by atoms with Crippen LogP contribution in [-0.2, 0) is 38.6 Å². The fourth-order valence-electron chi connectivity index (χ4n) is 2.43. The van der Waals surface area contributed by atoms with Crippen LogP contribution < -0.4 is 0 Å². The number of rotatable bonds is 2. The Labute approximate surface area is 188 Å². The van der Waals surface area contributed by atoms with Gasteiger partial charge in [-0.15, -0.1) is 0 Å². The van der Waals surface area contributed by atoms with Crippen molar-refractivity contribution in [3.8, 4) is 5.75 Å². The van der Waals surface area contributed by atoms with Gasteiger partial charge in [0.15, 0.2) is 0 Å². The van der Waals surface area contributed by atoms with E-state index in [0.29, 0.717) is 17.7 Å². The van der Waals surface area contributed by atoms with Crippen molar-refractivity contribution in [1.82, 2.24) is 0 Å². The first kappa shape index (κ1) is 27.0. The van der Waals surface area contributed by atoms with Gasteiger partial charge >= 0.3 is 50.2 Å². The summed E-state index contributed by atoms with van der Waals surface area (Å²) in [5.41, 5.74) is -3.06. The van der Waals surface area contributed by atoms with E-state index in [1.165, 1.54) is 6.07 Å². The standard InChI is InChI=1S/C19H17F6NO.2ClH.Zr/c1-17(2,3)15-6-4-5-11(16(15)27)10-26-14-8-12(18(20,21)22)7-13(9-14)19(23,24)25;;;/h4-10,27H,1-3H3;2*1H;/q;;;+2/p-2. The van der Waals surface area contributed by atoms with Gasteiger partial charge in [0.1, 0.15) is 5.75 Å². The molecule has 0 aliphatic carbocycles. The molecule has 164 valence electrons. The summed E-state index contributed by atoms with van der Waals surface area (Å²) in [6.07, 6.45) is -8.85. The number of alkyl halides is 6. The molecule has 0 spiro atoms. The Morgan fingerprint density at radius 2 is 1.37 bits per heavy atom. The van der Waals surface area contributed by atoms with Crippen LogP contribution in [-0.4, -0.2) is 11.3 Å². The normalized spacial score (nSPS) is 12.5. The first-order chi connectivity index (χ1) is 13.6. The summed E-state index contributed by atoms with van der Waals surface area (Å²) in [4.78, 5) is 3.72. The van der Waals surface area contributed by atoms with E-state index < -0.39 is 55.4 Å². The summed E-state index contributed by atoms with van der Waals surface area (Å²) in [7, 11) is 9.87. The van der Waals surface area contributed by atoms with Gasteiger partial charge in [-0.3, -0.25) is 4.99 Å². The topological polar surface area (TPSA) is 32.6 Å². The first-order valence-corrected chi connectivity index (χ1v) is 14.6. The first-order valence-electron chi connectivity index (χ1n) is 8.23. The van der Waals surface area contributed by atoms with E-state index in [1.54, 1.807) is 12.1 Å². The minimum absolute atomic E-state index is 0.0384. The molecule has 0 saturated carbocycles. The fraction of sp³-hybridized carbons (Fsp3) is 0.316. The summed E-state index contributed by atoms with van der Waals surface area (Å²) in [5.74, 6) is -0.128. The monoisotopic (exact) mass is 549 g/mol. The zero-order valence-electron chi connectivity index (χ0n) is 16.0. The van der Waals surface area contributed by atoms with Gasteiger partial charge in [-0.2, -0.15) is 26.3 Å². The molecule has 0 unspecified atom stereocenters. The summed E-state index contributed by atoms with van der Waals surface area (Å²) in [6.45, 7) is 5.56. The second-order valence-corrected chi connectivity index (χ2v) is 10.8. The van der Waals surface area contributed by atoms with Gasteiger partial charge in [0.25, 0.3) is 0 Å². The fourth-order valence-corrected chi connectivity index (χ4v) is 2.43. The molecule has 11 heteroatoms. The maximum atomic E-state index is 12.9. The van der Waals surface area contributed by atoms with Crippen LogP contribution in [0, 0.1) is 0 Å². The molecule has 0 fully saturated rings. The number of para-hydroxylation sites is 1. The molecule has 0 heterocycles. The SMILES string of the molecule is CC(C)(C)c1cccc(C=Nc2cc(C(F)(F)F)cc(C(F)(F)F)c2)c1O.[Cl][Zr][Cl]. The van der Waals surface area contributed by atoms with Gasteiger partial charge in [-0.05, 0) is 35.2 Å². The number of aromatic hydroxyl groups is 1. The number of hydrogen-bond acceptors (Lipinski definition) is 2. The zero-order chi connectivity index (χ0) is 23.3. The predicted octanol–water partition coefficient (Wildman–Crippen LogP) is 7.85. The van der Waals surface area contributed by atoms with Crippen molar-refractivity contribution >= 4 is 28.9 Å². The predicted molar refractivity (Wildman–Crippen MR) is 102 cm³/mol. The molecule has 0 aliphatic heterocycles. The van der Waals surface area contributed by atoms with Crippen molar-refractivity contribution in [2.45, 2.75) is 38.5 Å². The van der Waals surface area contributed by atoms with Crippen LogP contribution in [0.15, 0.2) is 41.4 Å². The number of phenolic OH excluding ortho intramolecular Hbond substituents is 1. The van der Waals surface area contributed by atoms with Crippen LogP contribution in [0.5, 0.6) is 5.75 Å². The van der Waals surface area contributed by atoms with Crippen molar-refractivity contribution in [3.63, 3.8) is 0 Å². The van der Waals surface area contributed by atoms with E-state index in [0.717, 1.165) is 6.21 Å². The Kier molecular flexibility index (Phi) is 9.46.